The average Bonchev–Trinajstić information content (AvgIpc) is 3.27. The number of sulfonamides is 1. The lowest BCUT2D eigenvalue weighted by atomic mass is 10.2. The summed E-state index contributed by atoms with van der Waals surface area (Å²) in [6.07, 6.45) is 1.17. The molecule has 0 saturated carbocycles. The predicted molar refractivity (Wildman–Crippen MR) is 97.3 cm³/mol. The molecule has 146 valence electrons. The van der Waals surface area contributed by atoms with Crippen molar-refractivity contribution in [2.45, 2.75) is 19.3 Å². The number of benzene rings is 1. The van der Waals surface area contributed by atoms with Gasteiger partial charge in [-0.25, -0.2) is 13.6 Å². The molecule has 2 aromatic rings. The number of nitrogens with two attached hydrogens (primary N) is 1. The van der Waals surface area contributed by atoms with Crippen LogP contribution in [0, 0.1) is 5.92 Å². The Hall–Kier alpha value is -2.46. The van der Waals surface area contributed by atoms with Crippen LogP contribution < -0.4 is 9.88 Å². The van der Waals surface area contributed by atoms with Gasteiger partial charge in [-0.2, -0.15) is 4.98 Å². The van der Waals surface area contributed by atoms with Crippen LogP contribution in [0.3, 0.4) is 0 Å². The van der Waals surface area contributed by atoms with Gasteiger partial charge in [0.1, 0.15) is 5.75 Å². The van der Waals surface area contributed by atoms with E-state index in [1.165, 1.54) is 0 Å². The summed E-state index contributed by atoms with van der Waals surface area (Å²) in [4.78, 5) is 18.3. The molecule has 0 radical (unpaired) electrons. The number of hydrogen-bond acceptors (Lipinski definition) is 7. The monoisotopic (exact) mass is 394 g/mol. The van der Waals surface area contributed by atoms with Crippen LogP contribution in [0.1, 0.15) is 18.7 Å². The van der Waals surface area contributed by atoms with E-state index in [1.54, 1.807) is 18.1 Å². The van der Waals surface area contributed by atoms with Crippen molar-refractivity contribution < 1.29 is 22.5 Å². The molecule has 0 aliphatic carbocycles. The molecule has 1 aliphatic heterocycles. The first kappa shape index (κ1) is 19.3. The molecule has 2 N–H and O–H groups in total. The zero-order valence-corrected chi connectivity index (χ0v) is 15.8. The van der Waals surface area contributed by atoms with Crippen LogP contribution in [-0.4, -0.2) is 55.3 Å². The molecule has 3 rings (SSSR count). The lowest BCUT2D eigenvalue weighted by Crippen LogP contribution is -2.31. The summed E-state index contributed by atoms with van der Waals surface area (Å²) in [7, 11) is -1.96. The van der Waals surface area contributed by atoms with Gasteiger partial charge in [-0.1, -0.05) is 17.3 Å². The van der Waals surface area contributed by atoms with Crippen LogP contribution in [-0.2, 0) is 21.2 Å². The van der Waals surface area contributed by atoms with Crippen molar-refractivity contribution in [3.8, 4) is 17.1 Å². The van der Waals surface area contributed by atoms with E-state index in [0.717, 1.165) is 0 Å². The molecule has 0 bridgehead atoms. The number of para-hydroxylation sites is 1. The second-order valence-electron chi connectivity index (χ2n) is 6.54. The molecule has 10 heteroatoms. The number of aromatic nitrogens is 2. The summed E-state index contributed by atoms with van der Waals surface area (Å²) in [6.45, 7) is 0.945. The average molecular weight is 394 g/mol. The molecule has 27 heavy (non-hydrogen) atoms. The van der Waals surface area contributed by atoms with Crippen LogP contribution in [0.15, 0.2) is 28.8 Å². The van der Waals surface area contributed by atoms with E-state index in [1.807, 2.05) is 18.2 Å². The van der Waals surface area contributed by atoms with Gasteiger partial charge in [0.15, 0.2) is 0 Å². The van der Waals surface area contributed by atoms with Gasteiger partial charge >= 0.3 is 0 Å². The molecule has 9 nitrogen and oxygen atoms in total. The highest BCUT2D eigenvalue weighted by Gasteiger charge is 2.28. The number of nitrogens with zero attached hydrogens (tertiary/aromatic N) is 3. The summed E-state index contributed by atoms with van der Waals surface area (Å²) >= 11 is 0. The first-order valence-electron chi connectivity index (χ1n) is 8.60. The van der Waals surface area contributed by atoms with Crippen LogP contribution >= 0.6 is 0 Å². The Morgan fingerprint density at radius 1 is 1.41 bits per heavy atom. The number of likely N-dealkylation sites (tertiary alicyclic amines) is 1. The molecule has 1 unspecified atom stereocenters. The van der Waals surface area contributed by atoms with Crippen molar-refractivity contribution in [1.82, 2.24) is 15.0 Å². The van der Waals surface area contributed by atoms with E-state index < -0.39 is 10.0 Å². The Morgan fingerprint density at radius 3 is 2.93 bits per heavy atom. The number of carbonyl (C=O) groups excluding carboxylic acids is 1. The summed E-state index contributed by atoms with van der Waals surface area (Å²) < 4.78 is 32.9. The van der Waals surface area contributed by atoms with Crippen LogP contribution in [0.5, 0.6) is 5.75 Å². The van der Waals surface area contributed by atoms with Crippen molar-refractivity contribution in [2.75, 3.05) is 26.0 Å². The predicted octanol–water partition coefficient (Wildman–Crippen LogP) is 0.815. The normalized spacial score (nSPS) is 17.3. The van der Waals surface area contributed by atoms with Gasteiger partial charge in [0, 0.05) is 25.9 Å². The first-order valence-corrected chi connectivity index (χ1v) is 10.3. The van der Waals surface area contributed by atoms with Gasteiger partial charge < -0.3 is 14.2 Å². The fraction of sp³-hybridized carbons (Fsp3) is 0.471. The van der Waals surface area contributed by atoms with Crippen molar-refractivity contribution in [3.63, 3.8) is 0 Å². The molecule has 1 aliphatic rings. The fourth-order valence-corrected chi connectivity index (χ4v) is 4.12. The lowest BCUT2D eigenvalue weighted by Gasteiger charge is -2.15. The molecule has 1 atom stereocenters. The second-order valence-corrected chi connectivity index (χ2v) is 8.20. The summed E-state index contributed by atoms with van der Waals surface area (Å²) in [5.74, 6) is 1.14. The van der Waals surface area contributed by atoms with E-state index in [9.17, 15) is 13.2 Å². The van der Waals surface area contributed by atoms with E-state index in [2.05, 4.69) is 10.1 Å². The Labute approximate surface area is 157 Å². The molecule has 1 amide bonds. The van der Waals surface area contributed by atoms with Gasteiger partial charge in [-0.3, -0.25) is 4.79 Å². The maximum Gasteiger partial charge on any atom is 0.227 e. The van der Waals surface area contributed by atoms with E-state index in [-0.39, 0.29) is 24.0 Å². The maximum atomic E-state index is 12.3. The zero-order valence-electron chi connectivity index (χ0n) is 15.0. The van der Waals surface area contributed by atoms with Crippen molar-refractivity contribution in [3.05, 3.63) is 30.2 Å². The number of methoxy groups -OCH3 is 1. The summed E-state index contributed by atoms with van der Waals surface area (Å²) in [5.41, 5.74) is 0.715. The van der Waals surface area contributed by atoms with Gasteiger partial charge in [0.25, 0.3) is 0 Å². The Morgan fingerprint density at radius 2 is 2.19 bits per heavy atom. The zero-order chi connectivity index (χ0) is 19.4. The molecule has 1 aromatic carbocycles. The minimum absolute atomic E-state index is 0.0658. The third-order valence-electron chi connectivity index (χ3n) is 4.48. The Kier molecular flexibility index (Phi) is 5.76. The quantitative estimate of drug-likeness (QED) is 0.736. The number of primary sulfonamides is 1. The Balaban J connectivity index is 1.55. The smallest absolute Gasteiger partial charge is 0.227 e. The number of amides is 1. The first-order chi connectivity index (χ1) is 12.9. The van der Waals surface area contributed by atoms with Crippen LogP contribution in [0.2, 0.25) is 0 Å². The van der Waals surface area contributed by atoms with Gasteiger partial charge in [0.05, 0.1) is 18.4 Å². The standard InChI is InChI=1S/C17H22N4O5S/c1-25-14-5-3-2-4-13(14)17-19-15(26-20-17)6-7-16(22)21-9-8-12(10-21)11-27(18,23)24/h2-5,12H,6-11H2,1H3,(H2,18,23,24). The SMILES string of the molecule is COc1ccccc1-c1noc(CCC(=O)N2CCC(CS(N)(=O)=O)C2)n1. The summed E-state index contributed by atoms with van der Waals surface area (Å²) in [5, 5.41) is 9.03. The number of carbonyl (C=O) groups is 1. The highest BCUT2D eigenvalue weighted by molar-refractivity contribution is 7.89. The highest BCUT2D eigenvalue weighted by Crippen LogP contribution is 2.27. The maximum absolute atomic E-state index is 12.3. The fourth-order valence-electron chi connectivity index (χ4n) is 3.19. The molecule has 2 heterocycles. The van der Waals surface area contributed by atoms with Crippen molar-refractivity contribution in [1.29, 1.82) is 0 Å². The van der Waals surface area contributed by atoms with Gasteiger partial charge in [-0.15, -0.1) is 0 Å². The van der Waals surface area contributed by atoms with E-state index in [4.69, 9.17) is 14.4 Å². The summed E-state index contributed by atoms with van der Waals surface area (Å²) in [6, 6.07) is 7.33. The molecule has 0 spiro atoms. The van der Waals surface area contributed by atoms with E-state index >= 15 is 0 Å². The largest absolute Gasteiger partial charge is 0.496 e. The Bertz CT molecular complexity index is 912. The molecular formula is C17H22N4O5S. The van der Waals surface area contributed by atoms with Crippen LogP contribution in [0.4, 0.5) is 0 Å². The topological polar surface area (TPSA) is 129 Å². The molecule has 1 saturated heterocycles. The number of aryl methyl sites for hydroxylation is 1. The number of ether oxygens (including phenoxy) is 1. The third kappa shape index (κ3) is 5.04. The molecule has 1 aromatic heterocycles. The van der Waals surface area contributed by atoms with Gasteiger partial charge in [0.2, 0.25) is 27.6 Å². The number of rotatable bonds is 7. The minimum Gasteiger partial charge on any atom is -0.496 e. The highest BCUT2D eigenvalue weighted by atomic mass is 32.2. The third-order valence-corrected chi connectivity index (χ3v) is 5.41. The second kappa shape index (κ2) is 8.05. The van der Waals surface area contributed by atoms with E-state index in [0.29, 0.717) is 49.0 Å². The van der Waals surface area contributed by atoms with Crippen LogP contribution in [0.25, 0.3) is 11.4 Å². The number of hydrogen-bond donors (Lipinski definition) is 1. The molecular weight excluding hydrogens is 372 g/mol. The van der Waals surface area contributed by atoms with Crippen molar-refractivity contribution >= 4 is 15.9 Å². The van der Waals surface area contributed by atoms with Gasteiger partial charge in [-0.05, 0) is 24.5 Å². The van der Waals surface area contributed by atoms with Crippen molar-refractivity contribution in [2.24, 2.45) is 11.1 Å². The lowest BCUT2D eigenvalue weighted by molar-refractivity contribution is -0.130. The molecule has 1 fully saturated rings. The minimum atomic E-state index is -3.52.